The first-order valence-electron chi connectivity index (χ1n) is 11.1. The second-order valence-electron chi connectivity index (χ2n) is 8.81. The molecule has 4 aromatic carbocycles. The highest BCUT2D eigenvalue weighted by Crippen LogP contribution is 2.24. The summed E-state index contributed by atoms with van der Waals surface area (Å²) < 4.78 is 7.05. The molecule has 1 unspecified atom stereocenters. The lowest BCUT2D eigenvalue weighted by Crippen LogP contribution is -2.64. The fourth-order valence-electron chi connectivity index (χ4n) is 4.08. The predicted octanol–water partition coefficient (Wildman–Crippen LogP) is 6.25. The molecule has 0 aliphatic heterocycles. The minimum atomic E-state index is -2.11. The molecule has 0 bridgehead atoms. The van der Waals surface area contributed by atoms with E-state index >= 15 is 0 Å². The van der Waals surface area contributed by atoms with E-state index in [2.05, 4.69) is 133 Å². The molecule has 4 rings (SSSR count). The van der Waals surface area contributed by atoms with Crippen LogP contribution in [0.4, 0.5) is 0 Å². The van der Waals surface area contributed by atoms with Crippen molar-refractivity contribution >= 4 is 39.6 Å². The van der Waals surface area contributed by atoms with Crippen LogP contribution in [-0.2, 0) is 0 Å². The Balaban J connectivity index is 1.71. The second kappa shape index (κ2) is 9.89. The number of halogens is 1. The maximum absolute atomic E-state index is 5.94. The molecule has 3 heteroatoms. The standard InChI is InChI=1S/C29H29BrOSi/c1-22(2)21-31-26-9-7-8-24(20-26)23-12-16-28(17-13-23)32(3,27-10-5-4-6-11-27)29-18-14-25(30)15-19-29/h4-20,22H,21H2,1-3H3. The maximum atomic E-state index is 5.94. The van der Waals surface area contributed by atoms with E-state index in [0.29, 0.717) is 5.92 Å². The van der Waals surface area contributed by atoms with Crippen LogP contribution in [0.3, 0.4) is 0 Å². The molecule has 1 atom stereocenters. The Bertz CT molecular complexity index is 1150. The fraction of sp³-hybridized carbons (Fsp3) is 0.172. The first kappa shape index (κ1) is 22.6. The molecule has 162 valence electrons. The summed E-state index contributed by atoms with van der Waals surface area (Å²) in [5.74, 6) is 1.44. The lowest BCUT2D eigenvalue weighted by molar-refractivity contribution is 0.271. The number of hydrogen-bond acceptors (Lipinski definition) is 1. The van der Waals surface area contributed by atoms with Crippen molar-refractivity contribution in [2.45, 2.75) is 20.4 Å². The quantitative estimate of drug-likeness (QED) is 0.215. The van der Waals surface area contributed by atoms with Crippen LogP contribution in [0.25, 0.3) is 11.1 Å². The van der Waals surface area contributed by atoms with Crippen LogP contribution in [0.15, 0.2) is 108 Å². The fourth-order valence-corrected chi connectivity index (χ4v) is 7.87. The van der Waals surface area contributed by atoms with Gasteiger partial charge in [0.05, 0.1) is 6.61 Å². The Morgan fingerprint density at radius 1 is 0.688 bits per heavy atom. The van der Waals surface area contributed by atoms with Crippen LogP contribution in [0.1, 0.15) is 13.8 Å². The molecule has 0 aliphatic rings. The highest BCUT2D eigenvalue weighted by Gasteiger charge is 2.33. The lowest BCUT2D eigenvalue weighted by Gasteiger charge is -2.29. The van der Waals surface area contributed by atoms with Gasteiger partial charge in [0, 0.05) is 4.47 Å². The molecule has 0 aromatic heterocycles. The third kappa shape index (κ3) is 4.90. The Morgan fingerprint density at radius 3 is 1.91 bits per heavy atom. The van der Waals surface area contributed by atoms with Gasteiger partial charge in [0.2, 0.25) is 0 Å². The SMILES string of the molecule is CC(C)COc1cccc(-c2ccc([Si](C)(c3ccccc3)c3ccc(Br)cc3)cc2)c1. The van der Waals surface area contributed by atoms with Crippen LogP contribution >= 0.6 is 15.9 Å². The predicted molar refractivity (Wildman–Crippen MR) is 143 cm³/mol. The van der Waals surface area contributed by atoms with Crippen LogP contribution < -0.4 is 20.3 Å². The van der Waals surface area contributed by atoms with Gasteiger partial charge in [0.25, 0.3) is 0 Å². The van der Waals surface area contributed by atoms with E-state index in [9.17, 15) is 0 Å². The summed E-state index contributed by atoms with van der Waals surface area (Å²) in [7, 11) is -2.11. The van der Waals surface area contributed by atoms with E-state index in [1.54, 1.807) is 0 Å². The van der Waals surface area contributed by atoms with E-state index in [1.807, 2.05) is 6.07 Å². The van der Waals surface area contributed by atoms with Crippen molar-refractivity contribution in [1.82, 2.24) is 0 Å². The van der Waals surface area contributed by atoms with Gasteiger partial charge in [-0.3, -0.25) is 0 Å². The summed E-state index contributed by atoms with van der Waals surface area (Å²) in [4.78, 5) is 0. The molecule has 0 aliphatic carbocycles. The normalized spacial score (nSPS) is 13.0. The van der Waals surface area contributed by atoms with Crippen LogP contribution in [0.5, 0.6) is 5.75 Å². The number of ether oxygens (including phenoxy) is 1. The summed E-state index contributed by atoms with van der Waals surface area (Å²) in [6, 6.07) is 37.3. The third-order valence-corrected chi connectivity index (χ3v) is 11.0. The molecule has 0 amide bonds. The maximum Gasteiger partial charge on any atom is 0.145 e. The van der Waals surface area contributed by atoms with Crippen molar-refractivity contribution in [2.24, 2.45) is 5.92 Å². The van der Waals surface area contributed by atoms with E-state index in [4.69, 9.17) is 4.74 Å². The zero-order valence-corrected chi connectivity index (χ0v) is 21.5. The van der Waals surface area contributed by atoms with Gasteiger partial charge in [-0.05, 0) is 56.9 Å². The number of benzene rings is 4. The van der Waals surface area contributed by atoms with Crippen LogP contribution in [0, 0.1) is 5.92 Å². The number of rotatable bonds is 7. The average molecular weight is 502 g/mol. The summed E-state index contributed by atoms with van der Waals surface area (Å²) in [5, 5.41) is 4.23. The molecule has 0 spiro atoms. The molecule has 0 saturated heterocycles. The van der Waals surface area contributed by atoms with Gasteiger partial charge < -0.3 is 4.74 Å². The second-order valence-corrected chi connectivity index (χ2v) is 13.7. The molecule has 0 N–H and O–H groups in total. The zero-order valence-electron chi connectivity index (χ0n) is 18.9. The van der Waals surface area contributed by atoms with E-state index < -0.39 is 8.07 Å². The Labute approximate surface area is 201 Å². The minimum Gasteiger partial charge on any atom is -0.493 e. The first-order valence-corrected chi connectivity index (χ1v) is 14.4. The monoisotopic (exact) mass is 500 g/mol. The van der Waals surface area contributed by atoms with E-state index in [0.717, 1.165) is 16.8 Å². The van der Waals surface area contributed by atoms with Crippen molar-refractivity contribution in [1.29, 1.82) is 0 Å². The van der Waals surface area contributed by atoms with Gasteiger partial charge in [-0.1, -0.05) is 115 Å². The van der Waals surface area contributed by atoms with Gasteiger partial charge in [-0.25, -0.2) is 0 Å². The Hall–Kier alpha value is -2.62. The largest absolute Gasteiger partial charge is 0.493 e. The smallest absolute Gasteiger partial charge is 0.145 e. The van der Waals surface area contributed by atoms with E-state index in [1.165, 1.54) is 26.7 Å². The molecule has 32 heavy (non-hydrogen) atoms. The molecular formula is C29H29BrOSi. The summed E-state index contributed by atoms with van der Waals surface area (Å²) in [6.07, 6.45) is 0. The number of hydrogen-bond donors (Lipinski definition) is 0. The Morgan fingerprint density at radius 2 is 1.28 bits per heavy atom. The van der Waals surface area contributed by atoms with Crippen molar-refractivity contribution < 1.29 is 4.74 Å². The molecular weight excluding hydrogens is 472 g/mol. The Kier molecular flexibility index (Phi) is 6.97. The minimum absolute atomic E-state index is 0.511. The third-order valence-electron chi connectivity index (χ3n) is 5.99. The summed E-state index contributed by atoms with van der Waals surface area (Å²) in [5.41, 5.74) is 2.40. The summed E-state index contributed by atoms with van der Waals surface area (Å²) in [6.45, 7) is 7.51. The van der Waals surface area contributed by atoms with Gasteiger partial charge in [-0.2, -0.15) is 0 Å². The van der Waals surface area contributed by atoms with Crippen molar-refractivity contribution in [3.8, 4) is 16.9 Å². The van der Waals surface area contributed by atoms with Gasteiger partial charge in [0.1, 0.15) is 13.8 Å². The average Bonchev–Trinajstić information content (AvgIpc) is 2.83. The van der Waals surface area contributed by atoms with Crippen LogP contribution in [0.2, 0.25) is 6.55 Å². The molecule has 0 radical (unpaired) electrons. The zero-order chi connectivity index (χ0) is 22.6. The highest BCUT2D eigenvalue weighted by molar-refractivity contribution is 9.10. The van der Waals surface area contributed by atoms with Crippen molar-refractivity contribution in [3.63, 3.8) is 0 Å². The molecule has 1 nitrogen and oxygen atoms in total. The molecule has 0 fully saturated rings. The van der Waals surface area contributed by atoms with Gasteiger partial charge in [-0.15, -0.1) is 0 Å². The summed E-state index contributed by atoms with van der Waals surface area (Å²) >= 11 is 3.59. The van der Waals surface area contributed by atoms with Gasteiger partial charge in [0.15, 0.2) is 0 Å². The van der Waals surface area contributed by atoms with Crippen LogP contribution in [-0.4, -0.2) is 14.7 Å². The highest BCUT2D eigenvalue weighted by atomic mass is 79.9. The van der Waals surface area contributed by atoms with Crippen molar-refractivity contribution in [3.05, 3.63) is 108 Å². The molecule has 0 heterocycles. The molecule has 0 saturated carbocycles. The van der Waals surface area contributed by atoms with Gasteiger partial charge >= 0.3 is 0 Å². The molecule has 4 aromatic rings. The first-order chi connectivity index (χ1) is 15.5. The lowest BCUT2D eigenvalue weighted by atomic mass is 10.1. The van der Waals surface area contributed by atoms with E-state index in [-0.39, 0.29) is 0 Å². The van der Waals surface area contributed by atoms with Crippen molar-refractivity contribution in [2.75, 3.05) is 6.61 Å². The topological polar surface area (TPSA) is 9.23 Å².